The molecule has 0 aromatic heterocycles. The quantitative estimate of drug-likeness (QED) is 0.451. The minimum absolute atomic E-state index is 0.0557. The topological polar surface area (TPSA) is 122 Å². The second-order valence-electron chi connectivity index (χ2n) is 6.14. The van der Waals surface area contributed by atoms with Gasteiger partial charge in [0.25, 0.3) is 5.91 Å². The minimum atomic E-state index is -1.10. The summed E-state index contributed by atoms with van der Waals surface area (Å²) in [6.07, 6.45) is 0. The standard InChI is InChI=1S/C17H22N2O7S/c1-4-25-15(21)13(18-14(20)12-8-6-5-7-9-12)10-27-16(22)17(2,3)11-26-19(23)24/h5-9,13H,4,10-11H2,1-3H3,(H-,18,20,23,24)/p+1/t13-/m0/s1. The molecular formula is C17H23N2O7S+. The lowest BCUT2D eigenvalue weighted by Gasteiger charge is -2.21. The zero-order chi connectivity index (χ0) is 20.4. The Morgan fingerprint density at radius 3 is 2.44 bits per heavy atom. The monoisotopic (exact) mass is 399 g/mol. The van der Waals surface area contributed by atoms with E-state index in [4.69, 9.17) is 9.94 Å². The fraction of sp³-hybridized carbons (Fsp3) is 0.471. The summed E-state index contributed by atoms with van der Waals surface area (Å²) in [5, 5.41) is 9.94. The number of hydrogen-bond acceptors (Lipinski definition) is 7. The number of rotatable bonds is 10. The number of carbonyl (C=O) groups is 3. The fourth-order valence-corrected chi connectivity index (χ4v) is 2.86. The van der Waals surface area contributed by atoms with Gasteiger partial charge in [0, 0.05) is 11.3 Å². The van der Waals surface area contributed by atoms with Crippen LogP contribution >= 0.6 is 11.8 Å². The second kappa shape index (κ2) is 10.5. The first-order chi connectivity index (χ1) is 12.7. The van der Waals surface area contributed by atoms with Gasteiger partial charge in [0.05, 0.1) is 12.0 Å². The molecule has 0 saturated heterocycles. The molecule has 0 bridgehead atoms. The number of hydrogen-bond donors (Lipinski definition) is 2. The summed E-state index contributed by atoms with van der Waals surface area (Å²) in [7, 11) is 0. The molecular weight excluding hydrogens is 376 g/mol. The number of ether oxygens (including phenoxy) is 1. The molecule has 0 aliphatic rings. The highest BCUT2D eigenvalue weighted by Crippen LogP contribution is 2.25. The van der Waals surface area contributed by atoms with Gasteiger partial charge in [0.2, 0.25) is 0 Å². The summed E-state index contributed by atoms with van der Waals surface area (Å²) >= 11 is 0.798. The summed E-state index contributed by atoms with van der Waals surface area (Å²) in [5.41, 5.74) is -0.728. The highest BCUT2D eigenvalue weighted by molar-refractivity contribution is 8.13. The van der Waals surface area contributed by atoms with Crippen LogP contribution in [0.5, 0.6) is 0 Å². The molecule has 0 spiro atoms. The van der Waals surface area contributed by atoms with Gasteiger partial charge < -0.3 is 10.1 Å². The summed E-state index contributed by atoms with van der Waals surface area (Å²) in [5.74, 6) is -1.18. The van der Waals surface area contributed by atoms with Gasteiger partial charge in [-0.1, -0.05) is 30.0 Å². The average molecular weight is 399 g/mol. The molecule has 1 amide bonds. The van der Waals surface area contributed by atoms with Crippen LogP contribution in [0.4, 0.5) is 0 Å². The summed E-state index contributed by atoms with van der Waals surface area (Å²) in [6.45, 7) is 4.46. The number of amides is 1. The Balaban J connectivity index is 2.74. The van der Waals surface area contributed by atoms with Crippen molar-refractivity contribution in [1.29, 1.82) is 0 Å². The van der Waals surface area contributed by atoms with E-state index in [1.54, 1.807) is 37.3 Å². The molecule has 0 saturated carbocycles. The van der Waals surface area contributed by atoms with Crippen LogP contribution in [0.2, 0.25) is 0 Å². The number of carbonyl (C=O) groups excluding carboxylic acids is 3. The van der Waals surface area contributed by atoms with Crippen molar-refractivity contribution in [3.8, 4) is 0 Å². The van der Waals surface area contributed by atoms with Gasteiger partial charge in [-0.3, -0.25) is 9.59 Å². The lowest BCUT2D eigenvalue weighted by atomic mass is 9.97. The largest absolute Gasteiger partial charge is 0.475 e. The number of esters is 1. The van der Waals surface area contributed by atoms with Gasteiger partial charge in [-0.25, -0.2) is 10.0 Å². The number of benzene rings is 1. The number of nitrogens with one attached hydrogen (secondary N) is 1. The van der Waals surface area contributed by atoms with Gasteiger partial charge >= 0.3 is 11.1 Å². The van der Waals surface area contributed by atoms with E-state index in [-0.39, 0.29) is 24.1 Å². The molecule has 27 heavy (non-hydrogen) atoms. The zero-order valence-electron chi connectivity index (χ0n) is 15.3. The maximum absolute atomic E-state index is 12.3. The van der Waals surface area contributed by atoms with Crippen molar-refractivity contribution in [2.24, 2.45) is 5.41 Å². The minimum Gasteiger partial charge on any atom is -0.464 e. The Labute approximate surface area is 160 Å². The van der Waals surface area contributed by atoms with Crippen LogP contribution in [0.25, 0.3) is 0 Å². The second-order valence-corrected chi connectivity index (χ2v) is 7.13. The van der Waals surface area contributed by atoms with Crippen molar-refractivity contribution in [3.63, 3.8) is 0 Å². The predicted octanol–water partition coefficient (Wildman–Crippen LogP) is 1.73. The maximum Gasteiger partial charge on any atom is 0.475 e. The van der Waals surface area contributed by atoms with E-state index in [0.717, 1.165) is 11.8 Å². The summed E-state index contributed by atoms with van der Waals surface area (Å²) in [4.78, 5) is 51.5. The Hall–Kier alpha value is -2.62. The first-order valence-corrected chi connectivity index (χ1v) is 9.14. The van der Waals surface area contributed by atoms with Crippen LogP contribution in [0.3, 0.4) is 0 Å². The van der Waals surface area contributed by atoms with Gasteiger partial charge in [0.1, 0.15) is 10.9 Å². The molecule has 1 rings (SSSR count). The van der Waals surface area contributed by atoms with Gasteiger partial charge in [0.15, 0.2) is 11.7 Å². The SMILES string of the molecule is CCOC(=O)[C@H](CSC(=O)C(C)(C)CO[N+](=O)O)NC(=O)c1ccccc1. The van der Waals surface area contributed by atoms with Crippen molar-refractivity contribution in [3.05, 3.63) is 40.8 Å². The first kappa shape index (κ1) is 22.4. The lowest BCUT2D eigenvalue weighted by Crippen LogP contribution is -2.44. The van der Waals surface area contributed by atoms with E-state index in [2.05, 4.69) is 10.2 Å². The van der Waals surface area contributed by atoms with Crippen LogP contribution in [0.15, 0.2) is 30.3 Å². The molecule has 1 atom stereocenters. The third-order valence-corrected chi connectivity index (χ3v) is 4.70. The molecule has 0 aliphatic heterocycles. The van der Waals surface area contributed by atoms with Gasteiger partial charge in [-0.2, -0.15) is 4.84 Å². The summed E-state index contributed by atoms with van der Waals surface area (Å²) in [6, 6.07) is 7.30. The van der Waals surface area contributed by atoms with E-state index < -0.39 is 28.4 Å². The van der Waals surface area contributed by atoms with Crippen LogP contribution in [0.1, 0.15) is 31.1 Å². The molecule has 0 fully saturated rings. The highest BCUT2D eigenvalue weighted by Gasteiger charge is 2.34. The molecule has 1 aromatic carbocycles. The predicted molar refractivity (Wildman–Crippen MR) is 96.9 cm³/mol. The first-order valence-electron chi connectivity index (χ1n) is 8.16. The van der Waals surface area contributed by atoms with Crippen LogP contribution in [0, 0.1) is 10.3 Å². The van der Waals surface area contributed by atoms with Crippen molar-refractivity contribution < 1.29 is 34.3 Å². The van der Waals surface area contributed by atoms with E-state index >= 15 is 0 Å². The molecule has 10 heteroatoms. The molecule has 2 N–H and O–H groups in total. The molecule has 0 unspecified atom stereocenters. The molecule has 0 radical (unpaired) electrons. The average Bonchev–Trinajstić information content (AvgIpc) is 2.63. The van der Waals surface area contributed by atoms with E-state index in [1.165, 1.54) is 13.8 Å². The lowest BCUT2D eigenvalue weighted by molar-refractivity contribution is -0.976. The van der Waals surface area contributed by atoms with Crippen molar-refractivity contribution in [1.82, 2.24) is 5.32 Å². The molecule has 1 aromatic rings. The maximum atomic E-state index is 12.3. The fourth-order valence-electron chi connectivity index (χ4n) is 1.87. The van der Waals surface area contributed by atoms with Crippen molar-refractivity contribution in [2.75, 3.05) is 19.0 Å². The highest BCUT2D eigenvalue weighted by atomic mass is 32.2. The van der Waals surface area contributed by atoms with E-state index in [9.17, 15) is 19.3 Å². The normalized spacial score (nSPS) is 12.0. The smallest absolute Gasteiger partial charge is 0.464 e. The third kappa shape index (κ3) is 7.65. The zero-order valence-corrected chi connectivity index (χ0v) is 16.2. The number of thioether (sulfide) groups is 1. The van der Waals surface area contributed by atoms with E-state index in [0.29, 0.717) is 5.56 Å². The molecule has 148 valence electrons. The Morgan fingerprint density at radius 2 is 1.89 bits per heavy atom. The van der Waals surface area contributed by atoms with E-state index in [1.807, 2.05) is 0 Å². The Bertz CT molecular complexity index is 679. The number of nitrogens with zero attached hydrogens (tertiary/aromatic N) is 1. The Morgan fingerprint density at radius 1 is 1.26 bits per heavy atom. The Kier molecular flexibility index (Phi) is 8.73. The van der Waals surface area contributed by atoms with Crippen LogP contribution < -0.4 is 5.32 Å². The van der Waals surface area contributed by atoms with Gasteiger partial charge in [-0.15, -0.1) is 0 Å². The summed E-state index contributed by atoms with van der Waals surface area (Å²) < 4.78 is 4.95. The molecule has 0 heterocycles. The van der Waals surface area contributed by atoms with Crippen molar-refractivity contribution >= 4 is 28.8 Å². The third-order valence-electron chi connectivity index (χ3n) is 3.38. The van der Waals surface area contributed by atoms with Crippen molar-refractivity contribution in [2.45, 2.75) is 26.8 Å². The molecule has 0 aliphatic carbocycles. The van der Waals surface area contributed by atoms with Crippen LogP contribution in [-0.2, 0) is 19.2 Å². The molecule has 9 nitrogen and oxygen atoms in total. The van der Waals surface area contributed by atoms with Crippen LogP contribution in [-0.4, -0.2) is 52.3 Å². The van der Waals surface area contributed by atoms with Gasteiger partial charge in [-0.05, 0) is 32.9 Å².